The maximum Gasteiger partial charge on any atom is 0.248 e. The van der Waals surface area contributed by atoms with Crippen molar-refractivity contribution in [2.75, 3.05) is 5.73 Å². The Morgan fingerprint density at radius 1 is 0.438 bits per heavy atom. The summed E-state index contributed by atoms with van der Waals surface area (Å²) >= 11 is 0. The minimum atomic E-state index is -0.974. The summed E-state index contributed by atoms with van der Waals surface area (Å²) in [4.78, 5) is 38.5. The molecule has 30 heteroatoms. The first-order valence-corrected chi connectivity index (χ1v) is 31.2. The number of carbonyl (C=O) groups excluding carboxylic acids is 1. The van der Waals surface area contributed by atoms with Crippen LogP contribution in [0.4, 0.5) is 40.9 Å². The highest BCUT2D eigenvalue weighted by Gasteiger charge is 2.28. The lowest BCUT2D eigenvalue weighted by molar-refractivity contribution is 0.1000. The quantitative estimate of drug-likeness (QED) is 0.0518. The highest BCUT2D eigenvalue weighted by molar-refractivity contribution is 6.03. The summed E-state index contributed by atoms with van der Waals surface area (Å²) in [5.41, 5.74) is 20.9. The van der Waals surface area contributed by atoms with E-state index in [4.69, 9.17) is 29.6 Å². The second-order valence-electron chi connectivity index (χ2n) is 23.0. The molecule has 8 N–H and O–H groups in total. The molecule has 0 unspecified atom stereocenters. The van der Waals surface area contributed by atoms with Crippen LogP contribution in [0.3, 0.4) is 0 Å². The molecule has 1 amide bonds. The summed E-state index contributed by atoms with van der Waals surface area (Å²) in [6, 6.07) is 37.0. The fourth-order valence-electron chi connectivity index (χ4n) is 11.8. The highest BCUT2D eigenvalue weighted by Crippen LogP contribution is 2.44. The number of pyridine rings is 5. The van der Waals surface area contributed by atoms with E-state index in [0.717, 1.165) is 51.2 Å². The highest BCUT2D eigenvalue weighted by atomic mass is 19.2. The maximum atomic E-state index is 14.4. The number of aromatic nitrogens is 14. The van der Waals surface area contributed by atoms with E-state index in [1.165, 1.54) is 85.7 Å². The lowest BCUT2D eigenvalue weighted by Gasteiger charge is -2.06. The molecule has 516 valence electrons. The molecule has 0 saturated heterocycles. The topological polar surface area (TPSA) is 323 Å². The van der Waals surface area contributed by atoms with E-state index in [1.54, 1.807) is 85.7 Å². The Bertz CT molecular complexity index is 6220. The van der Waals surface area contributed by atoms with E-state index >= 15 is 0 Å². The van der Waals surface area contributed by atoms with Crippen LogP contribution in [0.15, 0.2) is 238 Å². The number of nitrogens with two attached hydrogens (primary N) is 2. The third-order valence-electron chi connectivity index (χ3n) is 16.8. The lowest BCUT2D eigenvalue weighted by Crippen LogP contribution is -2.10. The first-order chi connectivity index (χ1) is 51.1. The standard InChI is InChI=1S/C23H14F2N4O2.C20H11F2N5O.C16H10F2N4O.C16H9F2N3O2/c24-19-3-1-2-15(20(19)25)18-11-29-31-21(18)17-10-28-23-16(17)8-14(9-27-23)12-4-6-13(7-5-12)22(26)30;21-16-5-1-4-13(17(16)22)15-10-25-28-19(15)18-14-7-12(9-24-20(14)27-26-18)11-3-2-6-23-8-11;17-11-5-1-3-8(13(11)18)10-7-21-23-14(10)12-9-4-2-6-20-16(9)22-15(12)19;17-13-5-1-3-9(14(13)18)12-8-20-23-15(12)11-7-19-16-10(11)4-2-6-21(16)22/h1-11H,(H2,26,30)(H,27,28);1-10H,(H,24,26,27);1-7H,19H2,(H,20,22);1-8,22H. The van der Waals surface area contributed by atoms with Gasteiger partial charge in [0.1, 0.15) is 22.8 Å². The third kappa shape index (κ3) is 12.5. The zero-order valence-electron chi connectivity index (χ0n) is 53.4. The van der Waals surface area contributed by atoms with Gasteiger partial charge in [-0.1, -0.05) is 87.4 Å². The van der Waals surface area contributed by atoms with Crippen LogP contribution in [0, 0.1) is 46.5 Å². The predicted molar refractivity (Wildman–Crippen MR) is 367 cm³/mol. The van der Waals surface area contributed by atoms with Gasteiger partial charge in [0.15, 0.2) is 81.1 Å². The molecule has 0 atom stereocenters. The number of benzene rings is 5. The lowest BCUT2D eigenvalue weighted by atomic mass is 10.00. The number of amides is 1. The van der Waals surface area contributed by atoms with Crippen molar-refractivity contribution in [2.45, 2.75) is 0 Å². The minimum Gasteiger partial charge on any atom is -0.427 e. The second kappa shape index (κ2) is 27.8. The van der Waals surface area contributed by atoms with Gasteiger partial charge < -0.3 is 44.7 Å². The van der Waals surface area contributed by atoms with Crippen LogP contribution >= 0.6 is 0 Å². The predicted octanol–water partition coefficient (Wildman–Crippen LogP) is 17.1. The Balaban J connectivity index is 0.000000113. The molecule has 2 aliphatic rings. The Morgan fingerprint density at radius 3 is 1.55 bits per heavy atom. The second-order valence-corrected chi connectivity index (χ2v) is 23.0. The van der Waals surface area contributed by atoms with Crippen LogP contribution in [0.1, 0.15) is 10.4 Å². The molecule has 105 heavy (non-hydrogen) atoms. The Kier molecular flexibility index (Phi) is 17.5. The summed E-state index contributed by atoms with van der Waals surface area (Å²) < 4.78 is 133. The Labute approximate surface area is 583 Å². The molecule has 0 aliphatic carbocycles. The van der Waals surface area contributed by atoms with E-state index in [9.17, 15) is 45.1 Å². The van der Waals surface area contributed by atoms with E-state index in [0.29, 0.717) is 106 Å². The molecule has 5 aromatic carbocycles. The number of H-pyrrole nitrogens is 3. The zero-order chi connectivity index (χ0) is 72.6. The molecule has 0 radical (unpaired) electrons. The van der Waals surface area contributed by atoms with Crippen molar-refractivity contribution in [3.8, 4) is 124 Å². The molecule has 0 bridgehead atoms. The Hall–Kier alpha value is -14.7. The number of anilines is 1. The van der Waals surface area contributed by atoms with E-state index < -0.39 is 52.4 Å². The van der Waals surface area contributed by atoms with Crippen LogP contribution < -0.4 is 11.5 Å². The van der Waals surface area contributed by atoms with Gasteiger partial charge in [0.2, 0.25) is 5.91 Å². The van der Waals surface area contributed by atoms with Crippen molar-refractivity contribution in [2.24, 2.45) is 5.73 Å². The molecule has 18 rings (SSSR count). The molecule has 0 saturated carbocycles. The number of aromatic amines is 3. The number of nitrogens with one attached hydrogen (secondary N) is 3. The van der Waals surface area contributed by atoms with Crippen molar-refractivity contribution in [1.29, 1.82) is 0 Å². The van der Waals surface area contributed by atoms with Crippen molar-refractivity contribution >= 4 is 44.8 Å². The maximum absolute atomic E-state index is 14.4. The molecular formula is C75H44F8N16O6. The number of hydrogen-bond donors (Lipinski definition) is 6. The van der Waals surface area contributed by atoms with Gasteiger partial charge in [-0.25, -0.2) is 55.1 Å². The van der Waals surface area contributed by atoms with Gasteiger partial charge in [-0.3, -0.25) is 14.9 Å². The fourth-order valence-corrected chi connectivity index (χ4v) is 11.8. The van der Waals surface area contributed by atoms with Gasteiger partial charge in [-0.15, -0.1) is 0 Å². The Morgan fingerprint density at radius 2 is 0.962 bits per heavy atom. The van der Waals surface area contributed by atoms with Gasteiger partial charge in [-0.2, -0.15) is 9.83 Å². The van der Waals surface area contributed by atoms with Crippen LogP contribution in [0.2, 0.25) is 0 Å². The monoisotopic (exact) mass is 1420 g/mol. The normalized spacial score (nSPS) is 11.2. The van der Waals surface area contributed by atoms with Gasteiger partial charge in [0.25, 0.3) is 0 Å². The number of rotatable bonds is 11. The average Bonchev–Trinajstić information content (AvgIpc) is 1.68. The van der Waals surface area contributed by atoms with Crippen LogP contribution in [0.5, 0.6) is 0 Å². The van der Waals surface area contributed by atoms with Crippen LogP contribution in [-0.2, 0) is 0 Å². The van der Waals surface area contributed by atoms with Crippen molar-refractivity contribution in [3.63, 3.8) is 0 Å². The number of halogens is 8. The summed E-state index contributed by atoms with van der Waals surface area (Å²) in [5.74, 6) is -6.49. The van der Waals surface area contributed by atoms with Gasteiger partial charge in [-0.05, 0) is 84.4 Å². The van der Waals surface area contributed by atoms with E-state index in [1.807, 2.05) is 24.3 Å². The SMILES string of the molecule is Fc1cccc(-c2cnoc2-c2[nH]nc3ncc(-c4cccnc4)cc23)c1F.NC(=O)c1ccc(-c2cnc3[nH]cc(-c4oncc4-c4cccc(F)c4F)c3c2)cc1.Nc1[nH]c2ncccc2c1-c1oncc1-c1cccc(F)c1F.On1cccc2c(-c3oncc3-c3cccc(F)c3F)cnc1-2. The number of fused-ring (bicyclic) bond motifs is 4. The molecule has 0 spiro atoms. The van der Waals surface area contributed by atoms with Crippen molar-refractivity contribution < 1.29 is 63.2 Å². The molecule has 0 fully saturated rings. The number of nitrogens with zero attached hydrogens (tertiary/aromatic N) is 11. The molecule has 13 heterocycles. The van der Waals surface area contributed by atoms with Crippen LogP contribution in [0.25, 0.3) is 157 Å². The number of nitrogen functional groups attached to an aromatic ring is 1. The van der Waals surface area contributed by atoms with Crippen LogP contribution in [-0.4, -0.2) is 81.6 Å². The average molecular weight is 1420 g/mol. The summed E-state index contributed by atoms with van der Waals surface area (Å²) in [6.45, 7) is 0. The first kappa shape index (κ1) is 66.2. The van der Waals surface area contributed by atoms with E-state index in [-0.39, 0.29) is 39.5 Å². The smallest absolute Gasteiger partial charge is 0.248 e. The number of hydrogen-bond acceptors (Lipinski definition) is 17. The molecule has 2 aliphatic heterocycles. The van der Waals surface area contributed by atoms with Gasteiger partial charge in [0.05, 0.1) is 63.6 Å². The molecule has 22 nitrogen and oxygen atoms in total. The molecular weight excluding hydrogens is 1370 g/mol. The minimum absolute atomic E-state index is 0.0448. The van der Waals surface area contributed by atoms with Gasteiger partial charge >= 0.3 is 0 Å². The fraction of sp³-hybridized carbons (Fsp3) is 0. The zero-order valence-corrected chi connectivity index (χ0v) is 53.4. The molecule has 16 aromatic rings. The first-order valence-electron chi connectivity index (χ1n) is 31.2. The number of primary amides is 1. The summed E-state index contributed by atoms with van der Waals surface area (Å²) in [5, 5.41) is 33.9. The van der Waals surface area contributed by atoms with E-state index in [2.05, 4.69) is 65.7 Å². The van der Waals surface area contributed by atoms with Gasteiger partial charge in [0, 0.05) is 116 Å². The molecule has 11 aromatic heterocycles. The van der Waals surface area contributed by atoms with Crippen molar-refractivity contribution in [3.05, 3.63) is 272 Å². The van der Waals surface area contributed by atoms with Crippen molar-refractivity contribution in [1.82, 2.24) is 70.4 Å². The third-order valence-corrected chi connectivity index (χ3v) is 16.8. The largest absolute Gasteiger partial charge is 0.427 e. The number of carbonyl (C=O) groups is 1. The summed E-state index contributed by atoms with van der Waals surface area (Å²) in [6.07, 6.45) is 18.4. The summed E-state index contributed by atoms with van der Waals surface area (Å²) in [7, 11) is 0.